The fourth-order valence-corrected chi connectivity index (χ4v) is 1.89. The molecule has 0 spiro atoms. The summed E-state index contributed by atoms with van der Waals surface area (Å²) >= 11 is 11.7. The normalized spacial score (nSPS) is 10.2. The lowest BCUT2D eigenvalue weighted by atomic mass is 10.2. The van der Waals surface area contributed by atoms with Crippen molar-refractivity contribution in [3.05, 3.63) is 52.3 Å². The lowest BCUT2D eigenvalue weighted by Crippen LogP contribution is -2.14. The molecule has 3 nitrogen and oxygen atoms in total. The summed E-state index contributed by atoms with van der Waals surface area (Å²) in [5.74, 6) is -0.128. The van der Waals surface area contributed by atoms with Crippen molar-refractivity contribution in [3.8, 4) is 0 Å². The first-order chi connectivity index (χ1) is 8.15. The van der Waals surface area contributed by atoms with Crippen LogP contribution in [0.3, 0.4) is 0 Å². The Bertz CT molecular complexity index is 523. The first kappa shape index (κ1) is 12.0. The summed E-state index contributed by atoms with van der Waals surface area (Å²) in [5.41, 5.74) is 1.42. The lowest BCUT2D eigenvalue weighted by molar-refractivity contribution is -0.115. The molecule has 2 aromatic rings. The minimum absolute atomic E-state index is 0.128. The van der Waals surface area contributed by atoms with E-state index in [2.05, 4.69) is 10.3 Å². The first-order valence-corrected chi connectivity index (χ1v) is 5.78. The molecule has 0 unspecified atom stereocenters. The van der Waals surface area contributed by atoms with Gasteiger partial charge in [-0.05, 0) is 30.3 Å². The zero-order valence-corrected chi connectivity index (χ0v) is 10.3. The van der Waals surface area contributed by atoms with E-state index in [-0.39, 0.29) is 12.3 Å². The number of aromatic amines is 1. The molecule has 1 aromatic heterocycles. The van der Waals surface area contributed by atoms with E-state index in [0.29, 0.717) is 15.7 Å². The van der Waals surface area contributed by atoms with Gasteiger partial charge >= 0.3 is 0 Å². The Hall–Kier alpha value is -1.45. The van der Waals surface area contributed by atoms with Crippen molar-refractivity contribution in [1.82, 2.24) is 4.98 Å². The van der Waals surface area contributed by atoms with Gasteiger partial charge in [-0.15, -0.1) is 0 Å². The Balaban J connectivity index is 2.03. The lowest BCUT2D eigenvalue weighted by Gasteiger charge is -2.06. The zero-order chi connectivity index (χ0) is 12.3. The Labute approximate surface area is 109 Å². The van der Waals surface area contributed by atoms with Crippen LogP contribution in [0.5, 0.6) is 0 Å². The van der Waals surface area contributed by atoms with E-state index >= 15 is 0 Å². The second-order valence-corrected chi connectivity index (χ2v) is 4.39. The number of anilines is 1. The van der Waals surface area contributed by atoms with Crippen LogP contribution >= 0.6 is 23.2 Å². The minimum Gasteiger partial charge on any atom is -0.365 e. The Morgan fingerprint density at radius 2 is 2.12 bits per heavy atom. The van der Waals surface area contributed by atoms with Crippen LogP contribution < -0.4 is 5.32 Å². The number of carbonyl (C=O) groups excluding carboxylic acids is 1. The molecule has 0 saturated carbocycles. The van der Waals surface area contributed by atoms with Crippen LogP contribution in [0.25, 0.3) is 0 Å². The Kier molecular flexibility index (Phi) is 3.71. The summed E-state index contributed by atoms with van der Waals surface area (Å²) in [7, 11) is 0. The van der Waals surface area contributed by atoms with Gasteiger partial charge in [-0.25, -0.2) is 0 Å². The van der Waals surface area contributed by atoms with Crippen molar-refractivity contribution in [3.63, 3.8) is 0 Å². The van der Waals surface area contributed by atoms with Crippen molar-refractivity contribution in [2.45, 2.75) is 6.42 Å². The topological polar surface area (TPSA) is 44.9 Å². The monoisotopic (exact) mass is 268 g/mol. The third-order valence-corrected chi connectivity index (χ3v) is 2.77. The summed E-state index contributed by atoms with van der Waals surface area (Å²) in [6.45, 7) is 0. The largest absolute Gasteiger partial charge is 0.365 e. The van der Waals surface area contributed by atoms with Crippen LogP contribution in [0, 0.1) is 0 Å². The number of halogens is 2. The van der Waals surface area contributed by atoms with Crippen LogP contribution in [0.15, 0.2) is 36.5 Å². The standard InChI is InChI=1S/C12H10Cl2N2O/c13-8-3-4-11(10(14)6-8)16-12(17)7-9-2-1-5-15-9/h1-6,15H,7H2,(H,16,17). The maximum Gasteiger partial charge on any atom is 0.230 e. The van der Waals surface area contributed by atoms with Crippen LogP contribution in [0.4, 0.5) is 5.69 Å². The molecule has 0 aliphatic rings. The maximum absolute atomic E-state index is 11.7. The predicted molar refractivity (Wildman–Crippen MR) is 69.6 cm³/mol. The molecule has 1 amide bonds. The fraction of sp³-hybridized carbons (Fsp3) is 0.0833. The second kappa shape index (κ2) is 5.25. The summed E-state index contributed by atoms with van der Waals surface area (Å²) in [6, 6.07) is 8.64. The molecule has 5 heteroatoms. The van der Waals surface area contributed by atoms with Crippen LogP contribution in [0.2, 0.25) is 10.0 Å². The van der Waals surface area contributed by atoms with Crippen molar-refractivity contribution >= 4 is 34.8 Å². The molecule has 2 rings (SSSR count). The van der Waals surface area contributed by atoms with Crippen LogP contribution in [-0.2, 0) is 11.2 Å². The summed E-state index contributed by atoms with van der Waals surface area (Å²) in [4.78, 5) is 14.7. The summed E-state index contributed by atoms with van der Waals surface area (Å²) in [5, 5.41) is 3.69. The average Bonchev–Trinajstić information content (AvgIpc) is 2.75. The highest BCUT2D eigenvalue weighted by Crippen LogP contribution is 2.25. The Morgan fingerprint density at radius 3 is 2.76 bits per heavy atom. The average molecular weight is 269 g/mol. The van der Waals surface area contributed by atoms with E-state index in [1.807, 2.05) is 12.1 Å². The number of carbonyl (C=O) groups is 1. The number of hydrogen-bond acceptors (Lipinski definition) is 1. The van der Waals surface area contributed by atoms with Gasteiger partial charge in [-0.2, -0.15) is 0 Å². The van der Waals surface area contributed by atoms with Crippen molar-refractivity contribution < 1.29 is 4.79 Å². The predicted octanol–water partition coefficient (Wildman–Crippen LogP) is 3.50. The molecule has 17 heavy (non-hydrogen) atoms. The molecule has 88 valence electrons. The van der Waals surface area contributed by atoms with Crippen LogP contribution in [0.1, 0.15) is 5.69 Å². The van der Waals surface area contributed by atoms with Crippen molar-refractivity contribution in [2.75, 3.05) is 5.32 Å². The van der Waals surface area contributed by atoms with E-state index in [1.165, 1.54) is 0 Å². The van der Waals surface area contributed by atoms with E-state index in [9.17, 15) is 4.79 Å². The zero-order valence-electron chi connectivity index (χ0n) is 8.84. The summed E-state index contributed by atoms with van der Waals surface area (Å²) in [6.07, 6.45) is 2.06. The van der Waals surface area contributed by atoms with Gasteiger partial charge in [0, 0.05) is 16.9 Å². The fourth-order valence-electron chi connectivity index (χ4n) is 1.44. The van der Waals surface area contributed by atoms with Gasteiger partial charge in [0.1, 0.15) is 0 Å². The van der Waals surface area contributed by atoms with E-state index in [1.54, 1.807) is 24.4 Å². The van der Waals surface area contributed by atoms with Crippen molar-refractivity contribution in [2.24, 2.45) is 0 Å². The SMILES string of the molecule is O=C(Cc1ccc[nH]1)Nc1ccc(Cl)cc1Cl. The molecule has 0 bridgehead atoms. The molecule has 0 aliphatic heterocycles. The maximum atomic E-state index is 11.7. The molecular formula is C12H10Cl2N2O. The van der Waals surface area contributed by atoms with Gasteiger partial charge in [0.25, 0.3) is 0 Å². The molecule has 0 radical (unpaired) electrons. The van der Waals surface area contributed by atoms with Gasteiger partial charge in [0.05, 0.1) is 17.1 Å². The highest BCUT2D eigenvalue weighted by molar-refractivity contribution is 6.36. The van der Waals surface area contributed by atoms with E-state index < -0.39 is 0 Å². The molecule has 1 heterocycles. The van der Waals surface area contributed by atoms with Gasteiger partial charge in [-0.1, -0.05) is 23.2 Å². The van der Waals surface area contributed by atoms with E-state index in [4.69, 9.17) is 23.2 Å². The molecule has 2 N–H and O–H groups in total. The first-order valence-electron chi connectivity index (χ1n) is 5.02. The van der Waals surface area contributed by atoms with Gasteiger partial charge in [0.2, 0.25) is 5.91 Å². The number of aromatic nitrogens is 1. The van der Waals surface area contributed by atoms with Crippen LogP contribution in [-0.4, -0.2) is 10.9 Å². The number of nitrogens with one attached hydrogen (secondary N) is 2. The Morgan fingerprint density at radius 1 is 1.29 bits per heavy atom. The highest BCUT2D eigenvalue weighted by atomic mass is 35.5. The molecule has 0 saturated heterocycles. The summed E-state index contributed by atoms with van der Waals surface area (Å²) < 4.78 is 0. The van der Waals surface area contributed by atoms with Gasteiger partial charge in [0.15, 0.2) is 0 Å². The third kappa shape index (κ3) is 3.25. The van der Waals surface area contributed by atoms with E-state index in [0.717, 1.165) is 5.69 Å². The number of rotatable bonds is 3. The van der Waals surface area contributed by atoms with Crippen molar-refractivity contribution in [1.29, 1.82) is 0 Å². The molecular weight excluding hydrogens is 259 g/mol. The minimum atomic E-state index is -0.128. The smallest absolute Gasteiger partial charge is 0.230 e. The number of hydrogen-bond donors (Lipinski definition) is 2. The highest BCUT2D eigenvalue weighted by Gasteiger charge is 2.07. The molecule has 0 fully saturated rings. The molecule has 0 aliphatic carbocycles. The third-order valence-electron chi connectivity index (χ3n) is 2.22. The molecule has 1 aromatic carbocycles. The molecule has 0 atom stereocenters. The number of amides is 1. The van der Waals surface area contributed by atoms with Gasteiger partial charge < -0.3 is 10.3 Å². The number of benzene rings is 1. The number of H-pyrrole nitrogens is 1. The van der Waals surface area contributed by atoms with Gasteiger partial charge in [-0.3, -0.25) is 4.79 Å². The quantitative estimate of drug-likeness (QED) is 0.880. The second-order valence-electron chi connectivity index (χ2n) is 3.54.